The predicted molar refractivity (Wildman–Crippen MR) is 74.1 cm³/mol. The second-order valence-corrected chi connectivity index (χ2v) is 4.89. The Morgan fingerprint density at radius 2 is 2.15 bits per heavy atom. The molecular weight excluding hydrogens is 260 g/mol. The average molecular weight is 276 g/mol. The highest BCUT2D eigenvalue weighted by molar-refractivity contribution is 5.82. The quantitative estimate of drug-likeness (QED) is 0.628. The van der Waals surface area contributed by atoms with Gasteiger partial charge in [-0.2, -0.15) is 5.26 Å². The Morgan fingerprint density at radius 3 is 2.65 bits per heavy atom. The second-order valence-electron chi connectivity index (χ2n) is 4.89. The van der Waals surface area contributed by atoms with Gasteiger partial charge in [-0.25, -0.2) is 0 Å². The minimum absolute atomic E-state index is 0.0160. The number of nitriles is 1. The first-order valence-electron chi connectivity index (χ1n) is 5.97. The van der Waals surface area contributed by atoms with Gasteiger partial charge >= 0.3 is 5.69 Å². The number of hydrogen-bond donors (Lipinski definition) is 2. The first kappa shape index (κ1) is 15.4. The first-order chi connectivity index (χ1) is 9.33. The Bertz CT molecular complexity index is 575. The van der Waals surface area contributed by atoms with E-state index in [1.54, 1.807) is 26.0 Å². The van der Waals surface area contributed by atoms with Crippen molar-refractivity contribution < 1.29 is 9.72 Å². The molecule has 0 unspecified atom stereocenters. The third kappa shape index (κ3) is 3.23. The molecule has 0 bridgehead atoms. The number of nitro groups is 1. The molecule has 0 radical (unpaired) electrons. The maximum Gasteiger partial charge on any atom is 0.309 e. The molecule has 0 fully saturated rings. The zero-order valence-corrected chi connectivity index (χ0v) is 11.6. The van der Waals surface area contributed by atoms with E-state index in [0.717, 1.165) is 0 Å². The number of rotatable bonds is 5. The van der Waals surface area contributed by atoms with E-state index in [9.17, 15) is 14.9 Å². The first-order valence-corrected chi connectivity index (χ1v) is 5.97. The van der Waals surface area contributed by atoms with E-state index in [4.69, 9.17) is 5.26 Å². The number of benzene rings is 1. The van der Waals surface area contributed by atoms with Crippen LogP contribution >= 0.6 is 0 Å². The second kappa shape index (κ2) is 6.02. The Hall–Kier alpha value is -2.62. The molecule has 7 nitrogen and oxygen atoms in total. The molecule has 0 spiro atoms. The van der Waals surface area contributed by atoms with Gasteiger partial charge in [0.25, 0.3) is 0 Å². The highest BCUT2D eigenvalue weighted by atomic mass is 16.6. The summed E-state index contributed by atoms with van der Waals surface area (Å²) in [5.41, 5.74) is -0.794. The van der Waals surface area contributed by atoms with Gasteiger partial charge in [-0.3, -0.25) is 14.9 Å². The molecule has 1 aromatic carbocycles. The SMILES string of the molecule is CNC(=O)C(C)(C)CNc1cccc(C#N)c1[N+](=O)[O-]. The van der Waals surface area contributed by atoms with E-state index >= 15 is 0 Å². The van der Waals surface area contributed by atoms with Crippen LogP contribution in [0.3, 0.4) is 0 Å². The van der Waals surface area contributed by atoms with Crippen LogP contribution in [0, 0.1) is 26.9 Å². The van der Waals surface area contributed by atoms with Crippen LogP contribution in [-0.4, -0.2) is 24.4 Å². The van der Waals surface area contributed by atoms with E-state index in [0.29, 0.717) is 0 Å². The third-order valence-corrected chi connectivity index (χ3v) is 2.90. The number of anilines is 1. The molecule has 0 saturated carbocycles. The Labute approximate surface area is 116 Å². The summed E-state index contributed by atoms with van der Waals surface area (Å²) in [4.78, 5) is 22.1. The number of amides is 1. The van der Waals surface area contributed by atoms with Crippen molar-refractivity contribution in [2.45, 2.75) is 13.8 Å². The molecule has 2 N–H and O–H groups in total. The van der Waals surface area contributed by atoms with Crippen molar-refractivity contribution in [2.75, 3.05) is 18.9 Å². The lowest BCUT2D eigenvalue weighted by atomic mass is 9.92. The van der Waals surface area contributed by atoms with E-state index < -0.39 is 10.3 Å². The number of nitrogens with one attached hydrogen (secondary N) is 2. The molecule has 1 amide bonds. The van der Waals surface area contributed by atoms with E-state index in [1.165, 1.54) is 19.2 Å². The fraction of sp³-hybridized carbons (Fsp3) is 0.385. The maximum absolute atomic E-state index is 11.7. The van der Waals surface area contributed by atoms with Gasteiger partial charge in [-0.15, -0.1) is 0 Å². The highest BCUT2D eigenvalue weighted by Crippen LogP contribution is 2.29. The van der Waals surface area contributed by atoms with Crippen molar-refractivity contribution in [3.63, 3.8) is 0 Å². The fourth-order valence-electron chi connectivity index (χ4n) is 1.71. The van der Waals surface area contributed by atoms with Crippen LogP contribution in [0.2, 0.25) is 0 Å². The van der Waals surface area contributed by atoms with Crippen molar-refractivity contribution in [3.05, 3.63) is 33.9 Å². The van der Waals surface area contributed by atoms with E-state index in [-0.39, 0.29) is 29.4 Å². The van der Waals surface area contributed by atoms with Crippen molar-refractivity contribution in [1.82, 2.24) is 5.32 Å². The summed E-state index contributed by atoms with van der Waals surface area (Å²) in [5, 5.41) is 25.4. The number of hydrogen-bond acceptors (Lipinski definition) is 5. The Balaban J connectivity index is 3.03. The fourth-order valence-corrected chi connectivity index (χ4v) is 1.71. The smallest absolute Gasteiger partial charge is 0.309 e. The van der Waals surface area contributed by atoms with Gasteiger partial charge < -0.3 is 10.6 Å². The molecule has 7 heteroatoms. The molecule has 0 atom stereocenters. The number of carbonyl (C=O) groups is 1. The minimum Gasteiger partial charge on any atom is -0.378 e. The van der Waals surface area contributed by atoms with Gasteiger partial charge in [0.1, 0.15) is 17.3 Å². The van der Waals surface area contributed by atoms with Crippen molar-refractivity contribution in [3.8, 4) is 6.07 Å². The zero-order chi connectivity index (χ0) is 15.3. The molecule has 0 aliphatic rings. The topological polar surface area (TPSA) is 108 Å². The molecule has 0 aliphatic heterocycles. The summed E-state index contributed by atoms with van der Waals surface area (Å²) in [7, 11) is 1.53. The summed E-state index contributed by atoms with van der Waals surface area (Å²) in [6.07, 6.45) is 0. The summed E-state index contributed by atoms with van der Waals surface area (Å²) in [6.45, 7) is 3.65. The van der Waals surface area contributed by atoms with Crippen molar-refractivity contribution in [1.29, 1.82) is 5.26 Å². The number of para-hydroxylation sites is 1. The molecule has 106 valence electrons. The van der Waals surface area contributed by atoms with Crippen LogP contribution in [0.25, 0.3) is 0 Å². The van der Waals surface area contributed by atoms with Gasteiger partial charge in [-0.05, 0) is 26.0 Å². The Morgan fingerprint density at radius 1 is 1.50 bits per heavy atom. The predicted octanol–water partition coefficient (Wildman–Crippen LogP) is 1.65. The lowest BCUT2D eigenvalue weighted by Crippen LogP contribution is -2.39. The highest BCUT2D eigenvalue weighted by Gasteiger charge is 2.28. The van der Waals surface area contributed by atoms with Gasteiger partial charge in [0.15, 0.2) is 0 Å². The molecule has 0 heterocycles. The molecule has 0 aromatic heterocycles. The molecule has 0 aliphatic carbocycles. The molecule has 0 saturated heterocycles. The van der Waals surface area contributed by atoms with E-state index in [1.807, 2.05) is 0 Å². The van der Waals surface area contributed by atoms with Gasteiger partial charge in [0.05, 0.1) is 10.3 Å². The average Bonchev–Trinajstić information content (AvgIpc) is 2.43. The van der Waals surface area contributed by atoms with Gasteiger partial charge in [0, 0.05) is 13.6 Å². The van der Waals surface area contributed by atoms with Crippen LogP contribution in [0.5, 0.6) is 0 Å². The number of nitrogens with zero attached hydrogens (tertiary/aromatic N) is 2. The summed E-state index contributed by atoms with van der Waals surface area (Å²) in [6, 6.07) is 6.24. The lowest BCUT2D eigenvalue weighted by molar-refractivity contribution is -0.384. The normalized spacial score (nSPS) is 10.5. The van der Waals surface area contributed by atoms with Crippen LogP contribution in [0.4, 0.5) is 11.4 Å². The summed E-state index contributed by atoms with van der Waals surface area (Å²) < 4.78 is 0. The van der Waals surface area contributed by atoms with Crippen LogP contribution in [-0.2, 0) is 4.79 Å². The minimum atomic E-state index is -0.731. The standard InChI is InChI=1S/C13H16N4O3/c1-13(2,12(18)15-3)8-16-10-6-4-5-9(7-14)11(10)17(19)20/h4-6,16H,8H2,1-3H3,(H,15,18). The van der Waals surface area contributed by atoms with Crippen molar-refractivity contribution in [2.24, 2.45) is 5.41 Å². The molecular formula is C13H16N4O3. The molecule has 20 heavy (non-hydrogen) atoms. The summed E-state index contributed by atoms with van der Waals surface area (Å²) in [5.74, 6) is -0.177. The van der Waals surface area contributed by atoms with Crippen molar-refractivity contribution >= 4 is 17.3 Å². The maximum atomic E-state index is 11.7. The van der Waals surface area contributed by atoms with E-state index in [2.05, 4.69) is 10.6 Å². The largest absolute Gasteiger partial charge is 0.378 e. The van der Waals surface area contributed by atoms with Gasteiger partial charge in [0.2, 0.25) is 5.91 Å². The third-order valence-electron chi connectivity index (χ3n) is 2.90. The van der Waals surface area contributed by atoms with Crippen LogP contribution in [0.1, 0.15) is 19.4 Å². The monoisotopic (exact) mass is 276 g/mol. The Kier molecular flexibility index (Phi) is 4.64. The lowest BCUT2D eigenvalue weighted by Gasteiger charge is -2.23. The molecule has 1 rings (SSSR count). The van der Waals surface area contributed by atoms with Crippen LogP contribution in [0.15, 0.2) is 18.2 Å². The molecule has 1 aromatic rings. The number of carbonyl (C=O) groups excluding carboxylic acids is 1. The number of nitro benzene ring substituents is 1. The zero-order valence-electron chi connectivity index (χ0n) is 11.6. The van der Waals surface area contributed by atoms with Gasteiger partial charge in [-0.1, -0.05) is 6.07 Å². The van der Waals surface area contributed by atoms with Crippen LogP contribution < -0.4 is 10.6 Å². The summed E-state index contributed by atoms with van der Waals surface area (Å²) >= 11 is 0.